The molecule has 1 saturated carbocycles. The van der Waals surface area contributed by atoms with Crippen LogP contribution in [0.4, 0.5) is 10.1 Å². The van der Waals surface area contributed by atoms with Gasteiger partial charge in [-0.15, -0.1) is 0 Å². The van der Waals surface area contributed by atoms with Crippen molar-refractivity contribution in [1.29, 1.82) is 0 Å². The number of nitrogens with one attached hydrogen (secondary N) is 2. The van der Waals surface area contributed by atoms with E-state index < -0.39 is 26.9 Å². The van der Waals surface area contributed by atoms with E-state index in [1.54, 1.807) is 30.2 Å². The maximum atomic E-state index is 14.5. The van der Waals surface area contributed by atoms with Crippen LogP contribution in [0, 0.1) is 5.82 Å². The van der Waals surface area contributed by atoms with Crippen molar-refractivity contribution in [3.05, 3.63) is 66.0 Å². The van der Waals surface area contributed by atoms with Crippen molar-refractivity contribution in [2.45, 2.75) is 18.1 Å². The fourth-order valence-electron chi connectivity index (χ4n) is 3.45. The number of H-pyrrole nitrogens is 1. The van der Waals surface area contributed by atoms with Gasteiger partial charge in [0.25, 0.3) is 0 Å². The number of hydrogen-bond donors (Lipinski definition) is 2. The predicted molar refractivity (Wildman–Crippen MR) is 114 cm³/mol. The Balaban J connectivity index is 1.53. The van der Waals surface area contributed by atoms with Crippen molar-refractivity contribution < 1.29 is 17.6 Å². The molecule has 10 heteroatoms. The summed E-state index contributed by atoms with van der Waals surface area (Å²) < 4.78 is 43.0. The molecule has 0 bridgehead atoms. The van der Waals surface area contributed by atoms with E-state index >= 15 is 0 Å². The number of sulfonamides is 1. The smallest absolute Gasteiger partial charge is 0.235 e. The molecule has 4 aromatic rings. The van der Waals surface area contributed by atoms with Crippen molar-refractivity contribution >= 4 is 32.5 Å². The van der Waals surface area contributed by atoms with E-state index in [1.165, 1.54) is 18.3 Å². The maximum Gasteiger partial charge on any atom is 0.235 e. The number of halogens is 1. The highest BCUT2D eigenvalue weighted by Gasteiger charge is 2.35. The lowest BCUT2D eigenvalue weighted by atomic mass is 10.0. The lowest BCUT2D eigenvalue weighted by Crippen LogP contribution is -2.17. The highest BCUT2D eigenvalue weighted by molar-refractivity contribution is 7.93. The summed E-state index contributed by atoms with van der Waals surface area (Å²) in [6.07, 6.45) is 7.86. The van der Waals surface area contributed by atoms with Crippen LogP contribution in [0.5, 0.6) is 0 Å². The van der Waals surface area contributed by atoms with Crippen LogP contribution in [-0.4, -0.2) is 39.2 Å². The third kappa shape index (κ3) is 3.59. The van der Waals surface area contributed by atoms with Gasteiger partial charge in [0.2, 0.25) is 10.0 Å². The van der Waals surface area contributed by atoms with Crippen LogP contribution in [0.15, 0.2) is 49.1 Å². The topological polar surface area (TPSA) is 110 Å². The monoisotopic (exact) mass is 439 g/mol. The second-order valence-electron chi connectivity index (χ2n) is 7.60. The first kappa shape index (κ1) is 19.4. The van der Waals surface area contributed by atoms with Crippen molar-refractivity contribution in [3.8, 4) is 11.1 Å². The third-order valence-electron chi connectivity index (χ3n) is 5.25. The average Bonchev–Trinajstić information content (AvgIpc) is 3.40. The van der Waals surface area contributed by atoms with Gasteiger partial charge in [0.05, 0.1) is 17.0 Å². The number of anilines is 1. The number of fused-ring (bicyclic) bond motifs is 1. The van der Waals surface area contributed by atoms with Crippen LogP contribution in [0.25, 0.3) is 22.2 Å². The van der Waals surface area contributed by atoms with Gasteiger partial charge in [0.15, 0.2) is 5.78 Å². The first-order valence-electron chi connectivity index (χ1n) is 9.64. The van der Waals surface area contributed by atoms with Gasteiger partial charge in [-0.3, -0.25) is 14.2 Å². The summed E-state index contributed by atoms with van der Waals surface area (Å²) >= 11 is 0. The molecule has 0 radical (unpaired) electrons. The van der Waals surface area contributed by atoms with Crippen molar-refractivity contribution in [2.75, 3.05) is 4.72 Å². The summed E-state index contributed by atoms with van der Waals surface area (Å²) in [5.41, 5.74) is 2.27. The molecule has 0 aliphatic heterocycles. The van der Waals surface area contributed by atoms with Gasteiger partial charge in [0, 0.05) is 53.4 Å². The van der Waals surface area contributed by atoms with Gasteiger partial charge in [-0.2, -0.15) is 5.10 Å². The van der Waals surface area contributed by atoms with Crippen LogP contribution < -0.4 is 4.72 Å². The molecule has 0 atom stereocenters. The Hall–Kier alpha value is -3.53. The standard InChI is InChI=1S/C21H18FN5O3S/c1-27-11-13(9-25-27)12-6-16-18(10-24-21(16)23-8-12)20(28)17-7-14(2-5-19(17)22)26-31(29,30)15-3-4-15/h2,5-11,15,26H,3-4H2,1H3,(H,23,24). The van der Waals surface area contributed by atoms with E-state index in [9.17, 15) is 17.6 Å². The molecular weight excluding hydrogens is 421 g/mol. The first-order chi connectivity index (χ1) is 14.8. The van der Waals surface area contributed by atoms with Crippen molar-refractivity contribution in [1.82, 2.24) is 19.7 Å². The Morgan fingerprint density at radius 1 is 1.19 bits per heavy atom. The Morgan fingerprint density at radius 2 is 2.00 bits per heavy atom. The number of carbonyl (C=O) groups excluding carboxylic acids is 1. The van der Waals surface area contributed by atoms with Gasteiger partial charge < -0.3 is 4.98 Å². The summed E-state index contributed by atoms with van der Waals surface area (Å²) in [5, 5.41) is 4.25. The fourth-order valence-corrected chi connectivity index (χ4v) is 4.83. The molecule has 2 N–H and O–H groups in total. The molecule has 8 nitrogen and oxygen atoms in total. The van der Waals surface area contributed by atoms with Gasteiger partial charge in [-0.1, -0.05) is 0 Å². The number of aromatic nitrogens is 4. The number of carbonyl (C=O) groups is 1. The summed E-state index contributed by atoms with van der Waals surface area (Å²) in [4.78, 5) is 20.5. The summed E-state index contributed by atoms with van der Waals surface area (Å²) in [6.45, 7) is 0. The number of nitrogens with zero attached hydrogens (tertiary/aromatic N) is 3. The predicted octanol–water partition coefficient (Wildman–Crippen LogP) is 3.24. The molecule has 1 aromatic carbocycles. The van der Waals surface area contributed by atoms with Gasteiger partial charge >= 0.3 is 0 Å². The quantitative estimate of drug-likeness (QED) is 0.448. The zero-order chi connectivity index (χ0) is 21.8. The number of benzene rings is 1. The molecule has 0 amide bonds. The van der Waals surface area contributed by atoms with E-state index in [0.717, 1.165) is 17.2 Å². The van der Waals surface area contributed by atoms with E-state index in [1.807, 2.05) is 6.20 Å². The third-order valence-corrected chi connectivity index (χ3v) is 7.12. The molecule has 31 heavy (non-hydrogen) atoms. The molecule has 158 valence electrons. The minimum absolute atomic E-state index is 0.158. The average molecular weight is 439 g/mol. The lowest BCUT2D eigenvalue weighted by Gasteiger charge is -2.09. The van der Waals surface area contributed by atoms with E-state index in [4.69, 9.17) is 0 Å². The number of aryl methyl sites for hydroxylation is 1. The molecule has 5 rings (SSSR count). The van der Waals surface area contributed by atoms with Crippen LogP contribution in [-0.2, 0) is 17.1 Å². The highest BCUT2D eigenvalue weighted by Crippen LogP contribution is 2.31. The van der Waals surface area contributed by atoms with Crippen LogP contribution in [0.3, 0.4) is 0 Å². The minimum atomic E-state index is -3.53. The van der Waals surface area contributed by atoms with Gasteiger partial charge in [0.1, 0.15) is 11.5 Å². The molecule has 1 fully saturated rings. The van der Waals surface area contributed by atoms with Crippen LogP contribution >= 0.6 is 0 Å². The molecule has 3 heterocycles. The van der Waals surface area contributed by atoms with E-state index in [0.29, 0.717) is 23.9 Å². The molecule has 1 aliphatic carbocycles. The van der Waals surface area contributed by atoms with E-state index in [-0.39, 0.29) is 16.8 Å². The molecular formula is C21H18FN5O3S. The molecule has 0 unspecified atom stereocenters. The number of hydrogen-bond acceptors (Lipinski definition) is 5. The second kappa shape index (κ2) is 7.02. The van der Waals surface area contributed by atoms with Gasteiger partial charge in [-0.25, -0.2) is 17.8 Å². The maximum absolute atomic E-state index is 14.5. The molecule has 0 spiro atoms. The number of pyridine rings is 1. The van der Waals surface area contributed by atoms with Crippen molar-refractivity contribution in [3.63, 3.8) is 0 Å². The number of aromatic amines is 1. The van der Waals surface area contributed by atoms with Crippen LogP contribution in [0.2, 0.25) is 0 Å². The Labute approximate surface area is 177 Å². The largest absolute Gasteiger partial charge is 0.345 e. The van der Waals surface area contributed by atoms with Crippen LogP contribution in [0.1, 0.15) is 28.8 Å². The first-order valence-corrected chi connectivity index (χ1v) is 11.2. The van der Waals surface area contributed by atoms with E-state index in [2.05, 4.69) is 19.8 Å². The Bertz CT molecular complexity index is 1440. The zero-order valence-corrected chi connectivity index (χ0v) is 17.3. The van der Waals surface area contributed by atoms with Gasteiger partial charge in [-0.05, 0) is 37.1 Å². The molecule has 3 aromatic heterocycles. The molecule has 0 saturated heterocycles. The van der Waals surface area contributed by atoms with Crippen molar-refractivity contribution in [2.24, 2.45) is 7.05 Å². The SMILES string of the molecule is Cn1cc(-c2cnc3[nH]cc(C(=O)c4cc(NS(=O)(=O)C5CC5)ccc4F)c3c2)cn1. The normalized spacial score (nSPS) is 14.1. The number of rotatable bonds is 6. The summed E-state index contributed by atoms with van der Waals surface area (Å²) in [6, 6.07) is 5.42. The fraction of sp³-hybridized carbons (Fsp3) is 0.190. The number of ketones is 1. The Morgan fingerprint density at radius 3 is 2.71 bits per heavy atom. The summed E-state index contributed by atoms with van der Waals surface area (Å²) in [7, 11) is -1.73. The lowest BCUT2D eigenvalue weighted by molar-refractivity contribution is 0.103. The zero-order valence-electron chi connectivity index (χ0n) is 16.5. The summed E-state index contributed by atoms with van der Waals surface area (Å²) in [5.74, 6) is -1.30. The highest BCUT2D eigenvalue weighted by atomic mass is 32.2. The minimum Gasteiger partial charge on any atom is -0.345 e. The Kier molecular flexibility index (Phi) is 4.40. The molecule has 1 aliphatic rings. The second-order valence-corrected chi connectivity index (χ2v) is 9.56.